The third-order valence-corrected chi connectivity index (χ3v) is 3.66. The van der Waals surface area contributed by atoms with E-state index < -0.39 is 0 Å². The quantitative estimate of drug-likeness (QED) is 0.637. The van der Waals surface area contributed by atoms with Crippen molar-refractivity contribution in [3.8, 4) is 0 Å². The van der Waals surface area contributed by atoms with Crippen LogP contribution in [0.2, 0.25) is 0 Å². The summed E-state index contributed by atoms with van der Waals surface area (Å²) < 4.78 is 2.18. The topological polar surface area (TPSA) is 84.9 Å². The summed E-state index contributed by atoms with van der Waals surface area (Å²) in [5.41, 5.74) is 3.64. The van der Waals surface area contributed by atoms with Crippen LogP contribution in [0.3, 0.4) is 0 Å². The van der Waals surface area contributed by atoms with Gasteiger partial charge in [-0.15, -0.1) is 0 Å². The highest BCUT2D eigenvalue weighted by Gasteiger charge is 2.21. The molecule has 7 heteroatoms. The van der Waals surface area contributed by atoms with Crippen LogP contribution < -0.4 is 16.2 Å². The highest BCUT2D eigenvalue weighted by atomic mass is 15.3. The molecule has 0 radical (unpaired) electrons. The van der Waals surface area contributed by atoms with E-state index in [9.17, 15) is 0 Å². The normalized spacial score (nSPS) is 14.2. The van der Waals surface area contributed by atoms with E-state index in [0.717, 1.165) is 49.1 Å². The lowest BCUT2D eigenvalue weighted by Crippen LogP contribution is -2.35. The summed E-state index contributed by atoms with van der Waals surface area (Å²) in [4.78, 5) is 15.7. The molecule has 2 aromatic heterocycles. The molecule has 20 heavy (non-hydrogen) atoms. The molecule has 0 aromatic carbocycles. The van der Waals surface area contributed by atoms with E-state index >= 15 is 0 Å². The first-order valence-corrected chi connectivity index (χ1v) is 6.82. The van der Waals surface area contributed by atoms with Crippen molar-refractivity contribution in [3.63, 3.8) is 0 Å². The number of anilines is 2. The second kappa shape index (κ2) is 5.09. The second-order valence-electron chi connectivity index (χ2n) is 4.89. The third-order valence-electron chi connectivity index (χ3n) is 3.66. The standard InChI is InChI=1S/C13H19N7/c1-3-10-16-12(18-14)9(2)13(17-10)20-7-6-19-5-4-15-11(19)8-20/h4-5H,3,6-8,14H2,1-2H3,(H,16,17,18). The number of fused-ring (bicyclic) bond motifs is 1. The Bertz CT molecular complexity index is 619. The Kier molecular flexibility index (Phi) is 3.27. The van der Waals surface area contributed by atoms with Crippen molar-refractivity contribution < 1.29 is 0 Å². The molecule has 3 N–H and O–H groups in total. The molecule has 0 fully saturated rings. The van der Waals surface area contributed by atoms with Gasteiger partial charge in [0, 0.05) is 37.5 Å². The van der Waals surface area contributed by atoms with Crippen molar-refractivity contribution in [2.75, 3.05) is 16.9 Å². The molecule has 1 aliphatic heterocycles. The average Bonchev–Trinajstić information content (AvgIpc) is 2.95. The highest BCUT2D eigenvalue weighted by molar-refractivity contribution is 5.58. The van der Waals surface area contributed by atoms with E-state index in [1.807, 2.05) is 26.2 Å². The summed E-state index contributed by atoms with van der Waals surface area (Å²) in [5.74, 6) is 9.06. The van der Waals surface area contributed by atoms with Crippen LogP contribution in [0.15, 0.2) is 12.4 Å². The molecule has 106 valence electrons. The summed E-state index contributed by atoms with van der Waals surface area (Å²) >= 11 is 0. The van der Waals surface area contributed by atoms with Crippen LogP contribution in [0.4, 0.5) is 11.6 Å². The van der Waals surface area contributed by atoms with E-state index in [-0.39, 0.29) is 0 Å². The number of aryl methyl sites for hydroxylation is 1. The number of nitrogen functional groups attached to an aromatic ring is 1. The Hall–Kier alpha value is -2.15. The van der Waals surface area contributed by atoms with Crippen molar-refractivity contribution in [1.29, 1.82) is 0 Å². The zero-order valence-corrected chi connectivity index (χ0v) is 11.8. The number of imidazole rings is 1. The van der Waals surface area contributed by atoms with Gasteiger partial charge >= 0.3 is 0 Å². The van der Waals surface area contributed by atoms with Crippen LogP contribution >= 0.6 is 0 Å². The number of hydrogen-bond donors (Lipinski definition) is 2. The Morgan fingerprint density at radius 3 is 2.95 bits per heavy atom. The van der Waals surface area contributed by atoms with Crippen LogP contribution in [-0.4, -0.2) is 26.1 Å². The molecule has 0 aliphatic carbocycles. The van der Waals surface area contributed by atoms with Crippen molar-refractivity contribution in [3.05, 3.63) is 29.6 Å². The molecule has 1 aliphatic rings. The largest absolute Gasteiger partial charge is 0.347 e. The van der Waals surface area contributed by atoms with Gasteiger partial charge in [0.25, 0.3) is 0 Å². The van der Waals surface area contributed by atoms with Gasteiger partial charge < -0.3 is 14.9 Å². The Morgan fingerprint density at radius 2 is 2.20 bits per heavy atom. The number of nitrogens with two attached hydrogens (primary N) is 1. The van der Waals surface area contributed by atoms with Crippen LogP contribution in [0, 0.1) is 6.92 Å². The highest BCUT2D eigenvalue weighted by Crippen LogP contribution is 2.26. The first kappa shape index (κ1) is 12.9. The first-order valence-electron chi connectivity index (χ1n) is 6.82. The second-order valence-corrected chi connectivity index (χ2v) is 4.89. The van der Waals surface area contributed by atoms with E-state index in [1.54, 1.807) is 0 Å². The Morgan fingerprint density at radius 1 is 1.35 bits per heavy atom. The van der Waals surface area contributed by atoms with Gasteiger partial charge in [-0.25, -0.2) is 20.8 Å². The van der Waals surface area contributed by atoms with E-state index in [2.05, 4.69) is 29.8 Å². The molecule has 0 bridgehead atoms. The Balaban J connectivity index is 1.98. The number of hydrazine groups is 1. The van der Waals surface area contributed by atoms with Gasteiger partial charge in [0.1, 0.15) is 23.3 Å². The van der Waals surface area contributed by atoms with Crippen LogP contribution in [0.1, 0.15) is 24.1 Å². The number of nitrogens with zero attached hydrogens (tertiary/aromatic N) is 5. The first-order chi connectivity index (χ1) is 9.72. The van der Waals surface area contributed by atoms with Crippen molar-refractivity contribution in [2.24, 2.45) is 5.84 Å². The zero-order valence-electron chi connectivity index (χ0n) is 11.8. The Labute approximate surface area is 117 Å². The van der Waals surface area contributed by atoms with Gasteiger partial charge in [0.2, 0.25) is 0 Å². The molecule has 3 rings (SSSR count). The fraction of sp³-hybridized carbons (Fsp3) is 0.462. The van der Waals surface area contributed by atoms with E-state index in [0.29, 0.717) is 5.82 Å². The van der Waals surface area contributed by atoms with Gasteiger partial charge in [0.15, 0.2) is 0 Å². The molecule has 2 aromatic rings. The predicted octanol–water partition coefficient (Wildman–Crippen LogP) is 0.850. The summed E-state index contributed by atoms with van der Waals surface area (Å²) in [6.07, 6.45) is 4.64. The fourth-order valence-corrected chi connectivity index (χ4v) is 2.51. The minimum Gasteiger partial charge on any atom is -0.347 e. The summed E-state index contributed by atoms with van der Waals surface area (Å²) in [6.45, 7) is 6.63. The third kappa shape index (κ3) is 2.09. The molecule has 0 amide bonds. The minimum absolute atomic E-state index is 0.695. The minimum atomic E-state index is 0.695. The van der Waals surface area contributed by atoms with Crippen molar-refractivity contribution >= 4 is 11.6 Å². The van der Waals surface area contributed by atoms with Crippen LogP contribution in [-0.2, 0) is 19.5 Å². The molecule has 0 saturated heterocycles. The lowest BCUT2D eigenvalue weighted by atomic mass is 10.2. The average molecular weight is 273 g/mol. The molecular formula is C13H19N7. The summed E-state index contributed by atoms with van der Waals surface area (Å²) in [7, 11) is 0. The molecule has 0 saturated carbocycles. The lowest BCUT2D eigenvalue weighted by molar-refractivity contribution is 0.554. The number of rotatable bonds is 3. The monoisotopic (exact) mass is 273 g/mol. The van der Waals surface area contributed by atoms with E-state index in [1.165, 1.54) is 0 Å². The maximum Gasteiger partial charge on any atom is 0.148 e. The summed E-state index contributed by atoms with van der Waals surface area (Å²) in [6, 6.07) is 0. The van der Waals surface area contributed by atoms with Gasteiger partial charge in [-0.3, -0.25) is 0 Å². The fourth-order valence-electron chi connectivity index (χ4n) is 2.51. The van der Waals surface area contributed by atoms with Crippen molar-refractivity contribution in [2.45, 2.75) is 33.4 Å². The number of aromatic nitrogens is 4. The maximum atomic E-state index is 5.56. The summed E-state index contributed by atoms with van der Waals surface area (Å²) in [5, 5.41) is 0. The molecule has 7 nitrogen and oxygen atoms in total. The van der Waals surface area contributed by atoms with Gasteiger partial charge in [-0.05, 0) is 6.92 Å². The maximum absolute atomic E-state index is 5.56. The SMILES string of the molecule is CCc1nc(NN)c(C)c(N2CCn3ccnc3C2)n1. The van der Waals surface area contributed by atoms with Gasteiger partial charge in [-0.2, -0.15) is 0 Å². The molecule has 3 heterocycles. The van der Waals surface area contributed by atoms with E-state index in [4.69, 9.17) is 5.84 Å². The number of nitrogens with one attached hydrogen (secondary N) is 1. The van der Waals surface area contributed by atoms with Crippen LogP contribution in [0.25, 0.3) is 0 Å². The van der Waals surface area contributed by atoms with Gasteiger partial charge in [0.05, 0.1) is 6.54 Å². The molecular weight excluding hydrogens is 254 g/mol. The molecule has 0 atom stereocenters. The predicted molar refractivity (Wildman–Crippen MR) is 77.2 cm³/mol. The van der Waals surface area contributed by atoms with Crippen molar-refractivity contribution in [1.82, 2.24) is 19.5 Å². The molecule has 0 spiro atoms. The molecule has 0 unspecified atom stereocenters. The lowest BCUT2D eigenvalue weighted by Gasteiger charge is -2.30. The van der Waals surface area contributed by atoms with Crippen LogP contribution in [0.5, 0.6) is 0 Å². The zero-order chi connectivity index (χ0) is 14.1. The van der Waals surface area contributed by atoms with Gasteiger partial charge in [-0.1, -0.05) is 6.92 Å². The smallest absolute Gasteiger partial charge is 0.148 e. The number of hydrogen-bond acceptors (Lipinski definition) is 6.